The predicted octanol–water partition coefficient (Wildman–Crippen LogP) is 3.23. The minimum atomic E-state index is -1.42. The van der Waals surface area contributed by atoms with Crippen molar-refractivity contribution >= 4 is 28.8 Å². The maximum absolute atomic E-state index is 14.7. The number of anilines is 1. The molecule has 0 saturated carbocycles. The van der Waals surface area contributed by atoms with Gasteiger partial charge in [0, 0.05) is 26.1 Å². The van der Waals surface area contributed by atoms with E-state index < -0.39 is 34.9 Å². The second-order valence-electron chi connectivity index (χ2n) is 11.4. The Morgan fingerprint density at radius 3 is 2.46 bits per heavy atom. The van der Waals surface area contributed by atoms with Crippen LogP contribution >= 0.6 is 0 Å². The number of likely N-dealkylation sites (tertiary alicyclic amines) is 1. The molecule has 0 bridgehead atoms. The number of halogens is 1. The van der Waals surface area contributed by atoms with E-state index in [0.717, 1.165) is 0 Å². The number of carbonyl (C=O) groups is 1. The summed E-state index contributed by atoms with van der Waals surface area (Å²) >= 11 is 0. The highest BCUT2D eigenvalue weighted by Crippen LogP contribution is 2.44. The second kappa shape index (κ2) is 9.72. The molecule has 0 radical (unpaired) electrons. The lowest BCUT2D eigenvalue weighted by Crippen LogP contribution is -2.60. The standard InChI is InChI=1S/C26H36FN5O5/c1-24(2,3)36-23(34)32-8-7-26(37-25(4,5)6,17(15-33)21(32)28)22-29-18-13-16(27)14-19(20(18)30-22)31-9-11-35-12-10-31/h13-14,21H,7-12,28H2,1-6H3,(H,29,30). The number of morpholine rings is 1. The van der Waals surface area contributed by atoms with Crippen molar-refractivity contribution in [2.45, 2.75) is 70.9 Å². The number of amides is 1. The van der Waals surface area contributed by atoms with Crippen molar-refractivity contribution in [1.29, 1.82) is 0 Å². The molecule has 2 fully saturated rings. The topological polar surface area (TPSA) is 123 Å². The van der Waals surface area contributed by atoms with Crippen LogP contribution in [0.15, 0.2) is 17.7 Å². The van der Waals surface area contributed by atoms with Crippen molar-refractivity contribution in [2.24, 2.45) is 5.73 Å². The first-order valence-electron chi connectivity index (χ1n) is 12.5. The van der Waals surface area contributed by atoms with Crippen LogP contribution in [-0.2, 0) is 24.6 Å². The summed E-state index contributed by atoms with van der Waals surface area (Å²) in [4.78, 5) is 36.7. The molecule has 2 aromatic rings. The molecule has 2 unspecified atom stereocenters. The SMILES string of the molecule is CC(C)(C)OC(=O)N1CCC(OC(C)(C)C)(c2nc3c(N4CCOCC4)cc(F)cc3[nH]2)C(=C=O)C1N. The normalized spacial score (nSPS) is 23.4. The Hall–Kier alpha value is -2.98. The average Bonchev–Trinajstić information content (AvgIpc) is 3.21. The van der Waals surface area contributed by atoms with E-state index in [1.165, 1.54) is 17.0 Å². The van der Waals surface area contributed by atoms with Gasteiger partial charge in [0.15, 0.2) is 5.60 Å². The molecule has 3 N–H and O–H groups in total. The molecule has 1 aromatic carbocycles. The molecule has 2 aliphatic heterocycles. The van der Waals surface area contributed by atoms with Crippen molar-refractivity contribution in [3.8, 4) is 0 Å². The van der Waals surface area contributed by atoms with Gasteiger partial charge < -0.3 is 29.8 Å². The number of hydrogen-bond acceptors (Lipinski definition) is 8. The summed E-state index contributed by atoms with van der Waals surface area (Å²) in [6.45, 7) is 13.2. The van der Waals surface area contributed by atoms with Crippen molar-refractivity contribution in [3.63, 3.8) is 0 Å². The first kappa shape index (κ1) is 27.1. The Labute approximate surface area is 215 Å². The summed E-state index contributed by atoms with van der Waals surface area (Å²) in [6.07, 6.45) is -1.64. The number of piperidine rings is 1. The number of fused-ring (bicyclic) bond motifs is 1. The minimum absolute atomic E-state index is 0.00647. The molecule has 3 heterocycles. The van der Waals surface area contributed by atoms with Crippen LogP contribution in [0.2, 0.25) is 0 Å². The zero-order valence-corrected chi connectivity index (χ0v) is 22.3. The van der Waals surface area contributed by atoms with E-state index in [0.29, 0.717) is 48.8 Å². The molecule has 37 heavy (non-hydrogen) atoms. The number of nitrogens with zero attached hydrogens (tertiary/aromatic N) is 3. The van der Waals surface area contributed by atoms with Gasteiger partial charge in [-0.1, -0.05) is 0 Å². The summed E-state index contributed by atoms with van der Waals surface area (Å²) < 4.78 is 32.1. The average molecular weight is 518 g/mol. The van der Waals surface area contributed by atoms with Crippen molar-refractivity contribution in [3.05, 3.63) is 29.3 Å². The van der Waals surface area contributed by atoms with Crippen molar-refractivity contribution in [2.75, 3.05) is 37.7 Å². The van der Waals surface area contributed by atoms with Crippen LogP contribution in [0.25, 0.3) is 11.0 Å². The van der Waals surface area contributed by atoms with Gasteiger partial charge in [0.1, 0.15) is 34.9 Å². The number of imidazole rings is 1. The van der Waals surface area contributed by atoms with Crippen LogP contribution < -0.4 is 10.6 Å². The number of aromatic amines is 1. The third kappa shape index (κ3) is 5.50. The van der Waals surface area contributed by atoms with Crippen LogP contribution in [0, 0.1) is 5.82 Å². The Balaban J connectivity index is 1.82. The number of H-pyrrole nitrogens is 1. The first-order chi connectivity index (χ1) is 17.2. The molecule has 2 saturated heterocycles. The lowest BCUT2D eigenvalue weighted by Gasteiger charge is -2.46. The first-order valence-corrected chi connectivity index (χ1v) is 12.5. The van der Waals surface area contributed by atoms with E-state index in [1.807, 2.05) is 31.6 Å². The molecule has 2 aliphatic rings. The lowest BCUT2D eigenvalue weighted by molar-refractivity contribution is -0.141. The zero-order valence-electron chi connectivity index (χ0n) is 22.3. The number of nitrogens with one attached hydrogen (secondary N) is 1. The van der Waals surface area contributed by atoms with Gasteiger partial charge >= 0.3 is 6.09 Å². The van der Waals surface area contributed by atoms with E-state index >= 15 is 0 Å². The summed E-state index contributed by atoms with van der Waals surface area (Å²) in [5.74, 6) is 1.84. The van der Waals surface area contributed by atoms with Gasteiger partial charge in [0.05, 0.1) is 35.6 Å². The second-order valence-corrected chi connectivity index (χ2v) is 11.4. The maximum Gasteiger partial charge on any atom is 0.411 e. The van der Waals surface area contributed by atoms with E-state index in [1.54, 1.807) is 20.8 Å². The van der Waals surface area contributed by atoms with Gasteiger partial charge in [0.2, 0.25) is 0 Å². The molecule has 4 rings (SSSR count). The Kier molecular flexibility index (Phi) is 7.11. The molecule has 0 aliphatic carbocycles. The molecule has 0 spiro atoms. The fourth-order valence-corrected chi connectivity index (χ4v) is 4.84. The highest BCUT2D eigenvalue weighted by atomic mass is 19.1. The quantitative estimate of drug-likeness (QED) is 0.595. The molecule has 1 amide bonds. The predicted molar refractivity (Wildman–Crippen MR) is 136 cm³/mol. The molecule has 2 atom stereocenters. The molecular weight excluding hydrogens is 481 g/mol. The monoisotopic (exact) mass is 517 g/mol. The van der Waals surface area contributed by atoms with Gasteiger partial charge in [-0.3, -0.25) is 4.90 Å². The molecule has 10 nitrogen and oxygen atoms in total. The summed E-state index contributed by atoms with van der Waals surface area (Å²) in [7, 11) is 0. The van der Waals surface area contributed by atoms with Gasteiger partial charge in [0.25, 0.3) is 0 Å². The van der Waals surface area contributed by atoms with E-state index in [2.05, 4.69) is 4.98 Å². The summed E-state index contributed by atoms with van der Waals surface area (Å²) in [5.41, 5.74) is 5.22. The largest absolute Gasteiger partial charge is 0.444 e. The fraction of sp³-hybridized carbons (Fsp3) is 0.615. The number of aromatic nitrogens is 2. The number of rotatable bonds is 3. The van der Waals surface area contributed by atoms with Crippen molar-refractivity contribution in [1.82, 2.24) is 14.9 Å². The van der Waals surface area contributed by atoms with Crippen LogP contribution in [0.3, 0.4) is 0 Å². The summed E-state index contributed by atoms with van der Waals surface area (Å²) in [5, 5.41) is 0. The lowest BCUT2D eigenvalue weighted by atomic mass is 9.83. The zero-order chi connectivity index (χ0) is 27.2. The van der Waals surface area contributed by atoms with Crippen molar-refractivity contribution < 1.29 is 28.2 Å². The van der Waals surface area contributed by atoms with E-state index in [-0.39, 0.29) is 18.5 Å². The Morgan fingerprint density at radius 1 is 1.19 bits per heavy atom. The van der Waals surface area contributed by atoms with Crippen LogP contribution in [-0.4, -0.2) is 77.1 Å². The van der Waals surface area contributed by atoms with Gasteiger partial charge in [-0.05, 0) is 53.7 Å². The Morgan fingerprint density at radius 2 is 1.86 bits per heavy atom. The van der Waals surface area contributed by atoms with Crippen LogP contribution in [0.5, 0.6) is 0 Å². The van der Waals surface area contributed by atoms with E-state index in [4.69, 9.17) is 24.9 Å². The fourth-order valence-electron chi connectivity index (χ4n) is 4.84. The van der Waals surface area contributed by atoms with Crippen LogP contribution in [0.1, 0.15) is 53.8 Å². The number of carbonyl (C=O) groups excluding carboxylic acids is 2. The third-order valence-corrected chi connectivity index (χ3v) is 6.26. The van der Waals surface area contributed by atoms with E-state index in [9.17, 15) is 14.0 Å². The number of benzene rings is 1. The minimum Gasteiger partial charge on any atom is -0.444 e. The highest BCUT2D eigenvalue weighted by Gasteiger charge is 2.52. The van der Waals surface area contributed by atoms with Gasteiger partial charge in [-0.2, -0.15) is 0 Å². The maximum atomic E-state index is 14.7. The number of hydrogen-bond donors (Lipinski definition) is 2. The molecule has 202 valence electrons. The molecule has 1 aromatic heterocycles. The van der Waals surface area contributed by atoms with Gasteiger partial charge in [-0.15, -0.1) is 0 Å². The number of nitrogens with two attached hydrogens (primary N) is 1. The molecule has 11 heteroatoms. The van der Waals surface area contributed by atoms with Gasteiger partial charge in [-0.25, -0.2) is 19.0 Å². The molecular formula is C26H36FN5O5. The van der Waals surface area contributed by atoms with Crippen LogP contribution in [0.4, 0.5) is 14.9 Å². The summed E-state index contributed by atoms with van der Waals surface area (Å²) in [6, 6.07) is 2.81. The Bertz CT molecular complexity index is 1220. The highest BCUT2D eigenvalue weighted by molar-refractivity contribution is 5.89. The smallest absolute Gasteiger partial charge is 0.411 e. The number of ether oxygens (including phenoxy) is 3. The third-order valence-electron chi connectivity index (χ3n) is 6.26.